The average Bonchev–Trinajstić information content (AvgIpc) is 2.53. The lowest BCUT2D eigenvalue weighted by atomic mass is 9.63. The fourth-order valence-electron chi connectivity index (χ4n) is 3.26. The van der Waals surface area contributed by atoms with E-state index in [9.17, 15) is 4.79 Å². The standard InChI is InChI=1S/C11H17NO/c1-7-8-4-5-11(6-8,9(12)13)10(7,2)3/h8H,1,4-6H2,2-3H3,(H2,12,13)/t8-,11+/m1/s1. The lowest BCUT2D eigenvalue weighted by molar-refractivity contribution is -0.131. The van der Waals surface area contributed by atoms with Gasteiger partial charge in [0, 0.05) is 0 Å². The van der Waals surface area contributed by atoms with Crippen LogP contribution in [0.3, 0.4) is 0 Å². The van der Waals surface area contributed by atoms with E-state index in [-0.39, 0.29) is 16.7 Å². The Morgan fingerprint density at radius 1 is 1.62 bits per heavy atom. The number of allylic oxidation sites excluding steroid dienone is 1. The molecule has 0 aliphatic heterocycles. The molecule has 0 saturated heterocycles. The number of nitrogens with two attached hydrogens (primary N) is 1. The van der Waals surface area contributed by atoms with Crippen LogP contribution in [0.5, 0.6) is 0 Å². The zero-order valence-electron chi connectivity index (χ0n) is 8.39. The third-order valence-electron chi connectivity index (χ3n) is 4.48. The Balaban J connectivity index is 2.50. The van der Waals surface area contributed by atoms with Gasteiger partial charge in [-0.1, -0.05) is 26.0 Å². The zero-order valence-corrected chi connectivity index (χ0v) is 8.39. The van der Waals surface area contributed by atoms with Crippen LogP contribution in [0.25, 0.3) is 0 Å². The van der Waals surface area contributed by atoms with E-state index in [2.05, 4.69) is 20.4 Å². The Kier molecular flexibility index (Phi) is 1.47. The molecule has 0 aromatic heterocycles. The molecule has 2 rings (SSSR count). The van der Waals surface area contributed by atoms with Gasteiger partial charge in [-0.15, -0.1) is 0 Å². The highest BCUT2D eigenvalue weighted by Crippen LogP contribution is 2.66. The molecule has 1 amide bonds. The van der Waals surface area contributed by atoms with Crippen molar-refractivity contribution in [3.05, 3.63) is 12.2 Å². The minimum atomic E-state index is -0.283. The first-order valence-corrected chi connectivity index (χ1v) is 4.91. The van der Waals surface area contributed by atoms with E-state index < -0.39 is 0 Å². The summed E-state index contributed by atoms with van der Waals surface area (Å²) in [6, 6.07) is 0. The van der Waals surface area contributed by atoms with Crippen molar-refractivity contribution in [2.45, 2.75) is 33.1 Å². The third-order valence-corrected chi connectivity index (χ3v) is 4.48. The summed E-state index contributed by atoms with van der Waals surface area (Å²) in [5, 5.41) is 0. The predicted molar refractivity (Wildman–Crippen MR) is 51.9 cm³/mol. The van der Waals surface area contributed by atoms with Gasteiger partial charge in [0.15, 0.2) is 0 Å². The topological polar surface area (TPSA) is 43.1 Å². The van der Waals surface area contributed by atoms with Crippen LogP contribution in [-0.2, 0) is 4.79 Å². The minimum absolute atomic E-state index is 0.0816. The Morgan fingerprint density at radius 2 is 2.23 bits per heavy atom. The molecular formula is C11H17NO. The first kappa shape index (κ1) is 8.79. The van der Waals surface area contributed by atoms with E-state index in [4.69, 9.17) is 5.73 Å². The fraction of sp³-hybridized carbons (Fsp3) is 0.727. The summed E-state index contributed by atoms with van der Waals surface area (Å²) in [5.74, 6) is 0.418. The Hall–Kier alpha value is -0.790. The molecular weight excluding hydrogens is 162 g/mol. The van der Waals surface area contributed by atoms with Gasteiger partial charge in [-0.05, 0) is 30.6 Å². The summed E-state index contributed by atoms with van der Waals surface area (Å²) < 4.78 is 0. The van der Waals surface area contributed by atoms with Crippen LogP contribution >= 0.6 is 0 Å². The van der Waals surface area contributed by atoms with Crippen molar-refractivity contribution in [2.75, 3.05) is 0 Å². The van der Waals surface area contributed by atoms with Crippen LogP contribution in [0.2, 0.25) is 0 Å². The molecule has 0 radical (unpaired) electrons. The van der Waals surface area contributed by atoms with Gasteiger partial charge in [-0.25, -0.2) is 0 Å². The van der Waals surface area contributed by atoms with Crippen LogP contribution in [-0.4, -0.2) is 5.91 Å². The molecule has 0 aromatic carbocycles. The number of carbonyl (C=O) groups excluding carboxylic acids is 1. The summed E-state index contributed by atoms with van der Waals surface area (Å²) in [6.45, 7) is 8.33. The number of rotatable bonds is 1. The van der Waals surface area contributed by atoms with Crippen molar-refractivity contribution in [3.8, 4) is 0 Å². The molecule has 13 heavy (non-hydrogen) atoms. The SMILES string of the molecule is C=C1[C@@H]2CC[C@@](C(N)=O)(C2)C1(C)C. The number of hydrogen-bond donors (Lipinski definition) is 1. The van der Waals surface area contributed by atoms with Gasteiger partial charge in [-0.3, -0.25) is 4.79 Å². The molecule has 2 aliphatic carbocycles. The van der Waals surface area contributed by atoms with E-state index in [1.807, 2.05) is 0 Å². The largest absolute Gasteiger partial charge is 0.369 e. The summed E-state index contributed by atoms with van der Waals surface area (Å²) in [6.07, 6.45) is 3.00. The highest BCUT2D eigenvalue weighted by atomic mass is 16.1. The zero-order chi connectivity index (χ0) is 9.85. The first-order chi connectivity index (χ1) is 5.92. The molecule has 0 aromatic rings. The second-order valence-corrected chi connectivity index (χ2v) is 5.04. The predicted octanol–water partition coefficient (Wildman–Crippen LogP) is 1.85. The molecule has 0 unspecified atom stereocenters. The van der Waals surface area contributed by atoms with Gasteiger partial charge < -0.3 is 5.73 Å². The second kappa shape index (κ2) is 2.17. The van der Waals surface area contributed by atoms with Crippen LogP contribution in [0.1, 0.15) is 33.1 Å². The van der Waals surface area contributed by atoms with Crippen LogP contribution in [0.4, 0.5) is 0 Å². The van der Waals surface area contributed by atoms with Crippen molar-refractivity contribution in [1.29, 1.82) is 0 Å². The quantitative estimate of drug-likeness (QED) is 0.613. The van der Waals surface area contributed by atoms with Gasteiger partial charge in [-0.2, -0.15) is 0 Å². The Labute approximate surface area is 79.2 Å². The average molecular weight is 179 g/mol. The smallest absolute Gasteiger partial charge is 0.224 e. The maximum atomic E-state index is 11.5. The molecule has 2 fully saturated rings. The lowest BCUT2D eigenvalue weighted by Gasteiger charge is -2.40. The molecule has 2 nitrogen and oxygen atoms in total. The van der Waals surface area contributed by atoms with Crippen LogP contribution < -0.4 is 5.73 Å². The van der Waals surface area contributed by atoms with Crippen LogP contribution in [0, 0.1) is 16.7 Å². The molecule has 72 valence electrons. The maximum absolute atomic E-state index is 11.5. The fourth-order valence-corrected chi connectivity index (χ4v) is 3.26. The summed E-state index contributed by atoms with van der Waals surface area (Å²) in [7, 11) is 0. The third kappa shape index (κ3) is 0.767. The highest BCUT2D eigenvalue weighted by molar-refractivity contribution is 5.84. The van der Waals surface area contributed by atoms with Crippen molar-refractivity contribution in [1.82, 2.24) is 0 Å². The summed E-state index contributed by atoms with van der Waals surface area (Å²) in [4.78, 5) is 11.5. The minimum Gasteiger partial charge on any atom is -0.369 e. The van der Waals surface area contributed by atoms with E-state index in [0.717, 1.165) is 19.3 Å². The van der Waals surface area contributed by atoms with Crippen LogP contribution in [0.15, 0.2) is 12.2 Å². The first-order valence-electron chi connectivity index (χ1n) is 4.91. The molecule has 2 N–H and O–H groups in total. The van der Waals surface area contributed by atoms with Crippen molar-refractivity contribution >= 4 is 5.91 Å². The van der Waals surface area contributed by atoms with Crippen molar-refractivity contribution < 1.29 is 4.79 Å². The monoisotopic (exact) mass is 179 g/mol. The summed E-state index contributed by atoms with van der Waals surface area (Å²) in [5.41, 5.74) is 6.40. The van der Waals surface area contributed by atoms with Gasteiger partial charge in [0.25, 0.3) is 0 Å². The van der Waals surface area contributed by atoms with E-state index in [1.54, 1.807) is 0 Å². The maximum Gasteiger partial charge on any atom is 0.224 e. The van der Waals surface area contributed by atoms with Gasteiger partial charge in [0.1, 0.15) is 0 Å². The molecule has 2 saturated carbocycles. The highest BCUT2D eigenvalue weighted by Gasteiger charge is 2.62. The number of hydrogen-bond acceptors (Lipinski definition) is 1. The molecule has 2 atom stereocenters. The number of primary amides is 1. The number of amides is 1. The Morgan fingerprint density at radius 3 is 2.54 bits per heavy atom. The normalized spacial score (nSPS) is 41.1. The van der Waals surface area contributed by atoms with E-state index in [1.165, 1.54) is 5.57 Å². The molecule has 0 spiro atoms. The molecule has 2 heteroatoms. The van der Waals surface area contributed by atoms with Gasteiger partial charge >= 0.3 is 0 Å². The molecule has 0 heterocycles. The van der Waals surface area contributed by atoms with Gasteiger partial charge in [0.05, 0.1) is 5.41 Å². The summed E-state index contributed by atoms with van der Waals surface area (Å²) >= 11 is 0. The van der Waals surface area contributed by atoms with Crippen molar-refractivity contribution in [3.63, 3.8) is 0 Å². The van der Waals surface area contributed by atoms with Crippen molar-refractivity contribution in [2.24, 2.45) is 22.5 Å². The van der Waals surface area contributed by atoms with E-state index in [0.29, 0.717) is 5.92 Å². The number of carbonyl (C=O) groups is 1. The lowest BCUT2D eigenvalue weighted by Crippen LogP contribution is -2.45. The van der Waals surface area contributed by atoms with Gasteiger partial charge in [0.2, 0.25) is 5.91 Å². The Bertz CT molecular complexity index is 292. The molecule has 2 bridgehead atoms. The van der Waals surface area contributed by atoms with E-state index >= 15 is 0 Å². The second-order valence-electron chi connectivity index (χ2n) is 5.04. The molecule has 2 aliphatic rings. The number of fused-ring (bicyclic) bond motifs is 2.